The lowest BCUT2D eigenvalue weighted by Crippen LogP contribution is -2.55. The van der Waals surface area contributed by atoms with E-state index in [2.05, 4.69) is 27.7 Å². The first-order valence-corrected chi connectivity index (χ1v) is 16.7. The Labute approximate surface area is 250 Å². The fraction of sp³-hybridized carbons (Fsp3) is 0.970. The second-order valence-electron chi connectivity index (χ2n) is 15.7. The van der Waals surface area contributed by atoms with Crippen molar-refractivity contribution in [3.8, 4) is 0 Å². The van der Waals surface area contributed by atoms with Gasteiger partial charge >= 0.3 is 5.97 Å². The smallest absolute Gasteiger partial charge is 0.338 e. The maximum absolute atomic E-state index is 12.6. The number of rotatable bonds is 6. The molecular weight excluding hydrogens is 540 g/mol. The predicted molar refractivity (Wildman–Crippen MR) is 153 cm³/mol. The van der Waals surface area contributed by atoms with E-state index < -0.39 is 37.0 Å². The van der Waals surface area contributed by atoms with Crippen molar-refractivity contribution in [1.82, 2.24) is 0 Å². The van der Waals surface area contributed by atoms with Crippen LogP contribution < -0.4 is 0 Å². The number of ether oxygens (including phenoxy) is 3. The summed E-state index contributed by atoms with van der Waals surface area (Å²) in [5.41, 5.74) is 0.461. The minimum atomic E-state index is -1.99. The van der Waals surface area contributed by atoms with Crippen molar-refractivity contribution < 1.29 is 44.5 Å². The van der Waals surface area contributed by atoms with Crippen LogP contribution in [0.25, 0.3) is 0 Å². The molecular formula is C33H54O9. The molecule has 4 saturated carbocycles. The second kappa shape index (κ2) is 11.2. The molecule has 9 heteroatoms. The number of fused-ring (bicyclic) bond motifs is 7. The summed E-state index contributed by atoms with van der Waals surface area (Å²) >= 11 is 0. The molecule has 6 fully saturated rings. The maximum atomic E-state index is 12.6. The zero-order valence-corrected chi connectivity index (χ0v) is 25.9. The van der Waals surface area contributed by atoms with Gasteiger partial charge in [0, 0.05) is 12.3 Å². The highest BCUT2D eigenvalue weighted by Crippen LogP contribution is 2.71. The Morgan fingerprint density at radius 2 is 1.64 bits per heavy atom. The Bertz CT molecular complexity index is 998. The van der Waals surface area contributed by atoms with Crippen LogP contribution in [0.15, 0.2) is 0 Å². The lowest BCUT2D eigenvalue weighted by atomic mass is 9.44. The molecule has 9 nitrogen and oxygen atoms in total. The van der Waals surface area contributed by atoms with Gasteiger partial charge in [0.2, 0.25) is 0 Å². The summed E-state index contributed by atoms with van der Waals surface area (Å²) in [6.07, 6.45) is 2.98. The van der Waals surface area contributed by atoms with Gasteiger partial charge in [-0.25, -0.2) is 4.79 Å². The van der Waals surface area contributed by atoms with Gasteiger partial charge in [0.15, 0.2) is 11.9 Å². The number of carbonyl (C=O) groups excluding carboxylic acids is 1. The fourth-order valence-electron chi connectivity index (χ4n) is 11.2. The summed E-state index contributed by atoms with van der Waals surface area (Å²) in [6.45, 7) is 9.69. The lowest BCUT2D eigenvalue weighted by Gasteiger charge is -2.61. The van der Waals surface area contributed by atoms with E-state index in [1.54, 1.807) is 0 Å². The van der Waals surface area contributed by atoms with Gasteiger partial charge in [-0.2, -0.15) is 0 Å². The SMILES string of the molecule is C[C@@H]1CC[C@@]2(OC1)O[C@H]1C[C@H]3[C@@H]4CC[C@H]5C[C@@H](OC(=O)[C@H](O)[C@@H](O)[C@H](O)[C@H](O)CO)CC[C@]5(C)[C@H]4CC[C@]3(C)[C@H]1[C@@H]2C. The van der Waals surface area contributed by atoms with Gasteiger partial charge in [-0.05, 0) is 104 Å². The largest absolute Gasteiger partial charge is 0.460 e. The zero-order valence-electron chi connectivity index (χ0n) is 25.9. The van der Waals surface area contributed by atoms with Gasteiger partial charge in [0.1, 0.15) is 24.4 Å². The van der Waals surface area contributed by atoms with Crippen LogP contribution in [0.1, 0.15) is 91.9 Å². The van der Waals surface area contributed by atoms with Crippen molar-refractivity contribution in [1.29, 1.82) is 0 Å². The minimum absolute atomic E-state index is 0.181. The zero-order chi connectivity index (χ0) is 30.2. The van der Waals surface area contributed by atoms with E-state index in [0.29, 0.717) is 54.0 Å². The number of esters is 1. The van der Waals surface area contributed by atoms with Gasteiger partial charge in [0.05, 0.1) is 19.3 Å². The van der Waals surface area contributed by atoms with Gasteiger partial charge in [0.25, 0.3) is 0 Å². The fourth-order valence-corrected chi connectivity index (χ4v) is 11.2. The predicted octanol–water partition coefficient (Wildman–Crippen LogP) is 2.78. The summed E-state index contributed by atoms with van der Waals surface area (Å²) in [7, 11) is 0. The molecule has 16 atom stereocenters. The highest BCUT2D eigenvalue weighted by molar-refractivity contribution is 5.75. The number of hydrogen-bond donors (Lipinski definition) is 5. The molecule has 0 aromatic carbocycles. The molecule has 0 unspecified atom stereocenters. The number of carbonyl (C=O) groups is 1. The molecule has 0 amide bonds. The normalized spacial score (nSPS) is 51.0. The Kier molecular flexibility index (Phi) is 8.33. The molecule has 6 rings (SSSR count). The first-order chi connectivity index (χ1) is 19.8. The van der Waals surface area contributed by atoms with Crippen LogP contribution in [0.3, 0.4) is 0 Å². The summed E-state index contributed by atoms with van der Waals surface area (Å²) in [5.74, 6) is 2.62. The third-order valence-electron chi connectivity index (χ3n) is 13.7. The summed E-state index contributed by atoms with van der Waals surface area (Å²) < 4.78 is 19.0. The minimum Gasteiger partial charge on any atom is -0.460 e. The van der Waals surface area contributed by atoms with Crippen LogP contribution in [-0.4, -0.2) is 87.1 Å². The van der Waals surface area contributed by atoms with Crippen LogP contribution in [0, 0.1) is 52.3 Å². The lowest BCUT2D eigenvalue weighted by molar-refractivity contribution is -0.273. The molecule has 5 N–H and O–H groups in total. The molecule has 0 aromatic heterocycles. The molecule has 4 aliphatic carbocycles. The Balaban J connectivity index is 1.09. The molecule has 1 spiro atoms. The molecule has 42 heavy (non-hydrogen) atoms. The number of aliphatic hydroxyl groups is 5. The first-order valence-electron chi connectivity index (χ1n) is 16.7. The van der Waals surface area contributed by atoms with Crippen molar-refractivity contribution >= 4 is 5.97 Å². The Hall–Kier alpha value is -0.810. The van der Waals surface area contributed by atoms with Crippen molar-refractivity contribution in [3.05, 3.63) is 0 Å². The summed E-state index contributed by atoms with van der Waals surface area (Å²) in [5, 5.41) is 48.8. The van der Waals surface area contributed by atoms with E-state index >= 15 is 0 Å². The van der Waals surface area contributed by atoms with Gasteiger partial charge in [-0.3, -0.25) is 0 Å². The third-order valence-corrected chi connectivity index (χ3v) is 13.7. The van der Waals surface area contributed by atoms with Gasteiger partial charge in [-0.15, -0.1) is 0 Å². The van der Waals surface area contributed by atoms with Crippen LogP contribution in [0.4, 0.5) is 0 Å². The van der Waals surface area contributed by atoms with E-state index in [-0.39, 0.29) is 22.7 Å². The molecule has 0 bridgehead atoms. The molecule has 2 aliphatic heterocycles. The van der Waals surface area contributed by atoms with Crippen molar-refractivity contribution in [3.63, 3.8) is 0 Å². The molecule has 0 radical (unpaired) electrons. The van der Waals surface area contributed by atoms with E-state index in [1.165, 1.54) is 25.7 Å². The quantitative estimate of drug-likeness (QED) is 0.293. The average molecular weight is 595 g/mol. The van der Waals surface area contributed by atoms with Crippen molar-refractivity contribution in [2.24, 2.45) is 52.3 Å². The number of aliphatic hydroxyl groups excluding tert-OH is 5. The molecule has 2 saturated heterocycles. The monoisotopic (exact) mass is 594 g/mol. The Morgan fingerprint density at radius 3 is 2.33 bits per heavy atom. The second-order valence-corrected chi connectivity index (χ2v) is 15.7. The number of hydrogen-bond acceptors (Lipinski definition) is 9. The Morgan fingerprint density at radius 1 is 0.905 bits per heavy atom. The highest BCUT2D eigenvalue weighted by atomic mass is 16.7. The van der Waals surface area contributed by atoms with Crippen molar-refractivity contribution in [2.45, 2.75) is 134 Å². The maximum Gasteiger partial charge on any atom is 0.338 e. The molecule has 6 aliphatic rings. The van der Waals surface area contributed by atoms with Crippen LogP contribution in [-0.2, 0) is 19.0 Å². The average Bonchev–Trinajstić information content (AvgIpc) is 3.42. The van der Waals surface area contributed by atoms with Gasteiger partial charge < -0.3 is 39.7 Å². The van der Waals surface area contributed by atoms with Crippen LogP contribution >= 0.6 is 0 Å². The van der Waals surface area contributed by atoms with Crippen LogP contribution in [0.2, 0.25) is 0 Å². The van der Waals surface area contributed by atoms with Crippen LogP contribution in [0.5, 0.6) is 0 Å². The van der Waals surface area contributed by atoms with Crippen molar-refractivity contribution in [2.75, 3.05) is 13.2 Å². The van der Waals surface area contributed by atoms with E-state index in [9.17, 15) is 25.2 Å². The molecule has 240 valence electrons. The molecule has 2 heterocycles. The van der Waals surface area contributed by atoms with E-state index in [0.717, 1.165) is 38.7 Å². The standard InChI is InChI=1S/C33H54O9/c1-17-7-12-33(40-16-17)18(2)26-25(42-33)14-23-21-6-5-19-13-20(8-10-31(19,3)22(21)9-11-32(23,26)4)41-30(39)29(38)28(37)27(36)24(35)15-34/h17-29,34-38H,5-16H2,1-4H3/t17-,18+,19+,20+,21-,22+,23+,24-,25+,26+,27-,28+,29-,31+,32+,33-/m1/s1. The topological polar surface area (TPSA) is 146 Å². The third kappa shape index (κ3) is 4.79. The summed E-state index contributed by atoms with van der Waals surface area (Å²) in [4.78, 5) is 12.6. The summed E-state index contributed by atoms with van der Waals surface area (Å²) in [6, 6.07) is 0. The highest BCUT2D eigenvalue weighted by Gasteiger charge is 2.69. The molecule has 0 aromatic rings. The van der Waals surface area contributed by atoms with E-state index in [4.69, 9.17) is 19.3 Å². The van der Waals surface area contributed by atoms with E-state index in [1.807, 2.05) is 0 Å². The van der Waals surface area contributed by atoms with Gasteiger partial charge in [-0.1, -0.05) is 27.7 Å². The first kappa shape index (κ1) is 31.2.